The van der Waals surface area contributed by atoms with Crippen LogP contribution in [-0.2, 0) is 0 Å². The molecule has 4 heteroatoms. The van der Waals surface area contributed by atoms with Crippen molar-refractivity contribution in [1.82, 2.24) is 0 Å². The molecule has 2 aromatic rings. The van der Waals surface area contributed by atoms with Crippen molar-refractivity contribution in [3.05, 3.63) is 53.8 Å². The molecule has 0 atom stereocenters. The molecular weight excluding hydrogens is 251 g/mol. The first-order valence-corrected chi connectivity index (χ1v) is 6.11. The summed E-state index contributed by atoms with van der Waals surface area (Å²) in [6.45, 7) is 0. The lowest BCUT2D eigenvalue weighted by Gasteiger charge is -2.08. The van der Waals surface area contributed by atoms with Gasteiger partial charge in [-0.2, -0.15) is 0 Å². The molecule has 0 heterocycles. The van der Waals surface area contributed by atoms with Crippen LogP contribution in [0.15, 0.2) is 52.3 Å². The number of ether oxygens (including phenoxy) is 1. The topological polar surface area (TPSA) is 26.3 Å². The predicted molar refractivity (Wildman–Crippen MR) is 68.9 cm³/mol. The van der Waals surface area contributed by atoms with Gasteiger partial charge in [0.05, 0.1) is 12.0 Å². The minimum Gasteiger partial charge on any atom is -0.496 e. The molecule has 2 nitrogen and oxygen atoms in total. The summed E-state index contributed by atoms with van der Waals surface area (Å²) in [5, 5.41) is 0. The molecule has 2 aromatic carbocycles. The molecule has 0 spiro atoms. The first-order chi connectivity index (χ1) is 8.72. The normalized spacial score (nSPS) is 10.1. The van der Waals surface area contributed by atoms with Crippen molar-refractivity contribution in [2.45, 2.75) is 9.79 Å². The molecule has 0 aliphatic rings. The average Bonchev–Trinajstić information content (AvgIpc) is 2.38. The third-order valence-electron chi connectivity index (χ3n) is 2.33. The van der Waals surface area contributed by atoms with Gasteiger partial charge in [0.15, 0.2) is 0 Å². The third kappa shape index (κ3) is 2.90. The molecule has 0 radical (unpaired) electrons. The van der Waals surface area contributed by atoms with Gasteiger partial charge in [0.25, 0.3) is 0 Å². The Kier molecular flexibility index (Phi) is 3.99. The highest BCUT2D eigenvalue weighted by Gasteiger charge is 2.06. The molecule has 0 saturated carbocycles. The standard InChI is InChI=1S/C14H11FO2S/c1-17-13-4-2-3-5-14(13)18-12-7-10(9-16)6-11(15)8-12/h2-9H,1H3. The summed E-state index contributed by atoms with van der Waals surface area (Å²) in [4.78, 5) is 12.2. The SMILES string of the molecule is COc1ccccc1Sc1cc(F)cc(C=O)c1. The Morgan fingerprint density at radius 3 is 2.72 bits per heavy atom. The maximum absolute atomic E-state index is 13.3. The Morgan fingerprint density at radius 1 is 1.22 bits per heavy atom. The Balaban J connectivity index is 2.33. The third-order valence-corrected chi connectivity index (χ3v) is 3.36. The molecule has 0 amide bonds. The van der Waals surface area contributed by atoms with Gasteiger partial charge in [-0.1, -0.05) is 23.9 Å². The molecular formula is C14H11FO2S. The highest BCUT2D eigenvalue weighted by molar-refractivity contribution is 7.99. The second kappa shape index (κ2) is 5.69. The van der Waals surface area contributed by atoms with Crippen molar-refractivity contribution >= 4 is 18.0 Å². The van der Waals surface area contributed by atoms with Crippen LogP contribution < -0.4 is 4.74 Å². The van der Waals surface area contributed by atoms with Gasteiger partial charge in [-0.3, -0.25) is 4.79 Å². The molecule has 0 bridgehead atoms. The zero-order chi connectivity index (χ0) is 13.0. The van der Waals surface area contributed by atoms with Crippen LogP contribution in [0.2, 0.25) is 0 Å². The summed E-state index contributed by atoms with van der Waals surface area (Å²) in [5.41, 5.74) is 0.326. The lowest BCUT2D eigenvalue weighted by atomic mass is 10.2. The van der Waals surface area contributed by atoms with Gasteiger partial charge in [-0.25, -0.2) is 4.39 Å². The van der Waals surface area contributed by atoms with Gasteiger partial charge >= 0.3 is 0 Å². The van der Waals surface area contributed by atoms with E-state index < -0.39 is 5.82 Å². The van der Waals surface area contributed by atoms with Gasteiger partial charge in [-0.15, -0.1) is 0 Å². The van der Waals surface area contributed by atoms with Crippen LogP contribution in [0.4, 0.5) is 4.39 Å². The Bertz CT molecular complexity index is 569. The van der Waals surface area contributed by atoms with Gasteiger partial charge in [0, 0.05) is 10.5 Å². The summed E-state index contributed by atoms with van der Waals surface area (Å²) >= 11 is 1.36. The van der Waals surface area contributed by atoms with Crippen LogP contribution in [0, 0.1) is 5.82 Å². The van der Waals surface area contributed by atoms with E-state index >= 15 is 0 Å². The van der Waals surface area contributed by atoms with Crippen LogP contribution in [0.5, 0.6) is 5.75 Å². The quantitative estimate of drug-likeness (QED) is 0.784. The number of aldehydes is 1. The fraction of sp³-hybridized carbons (Fsp3) is 0.0714. The smallest absolute Gasteiger partial charge is 0.150 e. The van der Waals surface area contributed by atoms with E-state index in [9.17, 15) is 9.18 Å². The molecule has 0 aromatic heterocycles. The number of hydrogen-bond acceptors (Lipinski definition) is 3. The number of carbonyl (C=O) groups excluding carboxylic acids is 1. The minimum absolute atomic E-state index is 0.326. The molecule has 18 heavy (non-hydrogen) atoms. The van der Waals surface area contributed by atoms with Crippen molar-refractivity contribution < 1.29 is 13.9 Å². The molecule has 0 aliphatic heterocycles. The zero-order valence-corrected chi connectivity index (χ0v) is 10.5. The van der Waals surface area contributed by atoms with Crippen LogP contribution in [0.25, 0.3) is 0 Å². The lowest BCUT2D eigenvalue weighted by molar-refractivity contribution is 0.112. The van der Waals surface area contributed by atoms with Crippen molar-refractivity contribution in [2.24, 2.45) is 0 Å². The van der Waals surface area contributed by atoms with Crippen LogP contribution in [-0.4, -0.2) is 13.4 Å². The first-order valence-electron chi connectivity index (χ1n) is 5.29. The van der Waals surface area contributed by atoms with Gasteiger partial charge in [0.2, 0.25) is 0 Å². The van der Waals surface area contributed by atoms with E-state index in [1.54, 1.807) is 13.2 Å². The van der Waals surface area contributed by atoms with Crippen LogP contribution in [0.1, 0.15) is 10.4 Å². The molecule has 92 valence electrons. The first kappa shape index (κ1) is 12.6. The van der Waals surface area contributed by atoms with Crippen molar-refractivity contribution in [3.63, 3.8) is 0 Å². The monoisotopic (exact) mass is 262 g/mol. The molecule has 0 fully saturated rings. The number of rotatable bonds is 4. The molecule has 0 saturated heterocycles. The summed E-state index contributed by atoms with van der Waals surface area (Å²) < 4.78 is 18.5. The summed E-state index contributed by atoms with van der Waals surface area (Å²) in [7, 11) is 1.59. The van der Waals surface area contributed by atoms with Crippen LogP contribution >= 0.6 is 11.8 Å². The Labute approximate surface area is 109 Å². The van der Waals surface area contributed by atoms with Crippen molar-refractivity contribution in [3.8, 4) is 5.75 Å². The number of methoxy groups -OCH3 is 1. The number of halogens is 1. The molecule has 0 N–H and O–H groups in total. The van der Waals surface area contributed by atoms with E-state index in [2.05, 4.69) is 0 Å². The number of para-hydroxylation sites is 1. The van der Waals surface area contributed by atoms with Gasteiger partial charge in [0.1, 0.15) is 17.9 Å². The predicted octanol–water partition coefficient (Wildman–Crippen LogP) is 3.80. The van der Waals surface area contributed by atoms with E-state index in [0.29, 0.717) is 16.7 Å². The second-order valence-corrected chi connectivity index (χ2v) is 4.71. The number of hydrogen-bond donors (Lipinski definition) is 0. The van der Waals surface area contributed by atoms with Gasteiger partial charge in [-0.05, 0) is 30.3 Å². The lowest BCUT2D eigenvalue weighted by Crippen LogP contribution is -1.87. The van der Waals surface area contributed by atoms with Crippen LogP contribution in [0.3, 0.4) is 0 Å². The number of benzene rings is 2. The fourth-order valence-corrected chi connectivity index (χ4v) is 2.56. The van der Waals surface area contributed by atoms with Gasteiger partial charge < -0.3 is 4.74 Å². The Morgan fingerprint density at radius 2 is 2.00 bits per heavy atom. The van der Waals surface area contributed by atoms with E-state index in [1.165, 1.54) is 23.9 Å². The summed E-state index contributed by atoms with van der Waals surface area (Å²) in [6, 6.07) is 11.7. The molecule has 2 rings (SSSR count). The van der Waals surface area contributed by atoms with Crippen molar-refractivity contribution in [1.29, 1.82) is 0 Å². The summed E-state index contributed by atoms with van der Waals surface area (Å²) in [5.74, 6) is 0.302. The molecule has 0 unspecified atom stereocenters. The Hall–Kier alpha value is -1.81. The van der Waals surface area contributed by atoms with E-state index in [4.69, 9.17) is 4.74 Å². The van der Waals surface area contributed by atoms with E-state index in [0.717, 1.165) is 10.6 Å². The summed E-state index contributed by atoms with van der Waals surface area (Å²) in [6.07, 6.45) is 0.634. The van der Waals surface area contributed by atoms with Crippen molar-refractivity contribution in [2.75, 3.05) is 7.11 Å². The minimum atomic E-state index is -0.419. The average molecular weight is 262 g/mol. The highest BCUT2D eigenvalue weighted by Crippen LogP contribution is 2.35. The largest absolute Gasteiger partial charge is 0.496 e. The fourth-order valence-electron chi connectivity index (χ4n) is 1.54. The number of carbonyl (C=O) groups is 1. The zero-order valence-electron chi connectivity index (χ0n) is 9.72. The maximum atomic E-state index is 13.3. The van der Waals surface area contributed by atoms with E-state index in [1.807, 2.05) is 24.3 Å². The highest BCUT2D eigenvalue weighted by atomic mass is 32.2. The molecule has 0 aliphatic carbocycles. The second-order valence-electron chi connectivity index (χ2n) is 3.59. The maximum Gasteiger partial charge on any atom is 0.150 e. The van der Waals surface area contributed by atoms with E-state index in [-0.39, 0.29) is 0 Å².